The van der Waals surface area contributed by atoms with E-state index in [0.29, 0.717) is 11.5 Å². The van der Waals surface area contributed by atoms with Crippen molar-refractivity contribution in [3.05, 3.63) is 54.1 Å². The summed E-state index contributed by atoms with van der Waals surface area (Å²) in [5, 5.41) is 17.5. The number of nitrogens with one attached hydrogen (secondary N) is 3. The van der Waals surface area contributed by atoms with Crippen molar-refractivity contribution < 1.29 is 32.6 Å². The number of aliphatic hydroxyl groups is 1. The van der Waals surface area contributed by atoms with Gasteiger partial charge >= 0.3 is 0 Å². The molecule has 0 aromatic heterocycles. The molecule has 0 spiro atoms. The van der Waals surface area contributed by atoms with Gasteiger partial charge in [-0.1, -0.05) is 65.0 Å². The zero-order chi connectivity index (χ0) is 31.1. The summed E-state index contributed by atoms with van der Waals surface area (Å²) in [4.78, 5) is 26.3. The summed E-state index contributed by atoms with van der Waals surface area (Å²) in [6.45, 7) is 9.11. The summed E-state index contributed by atoms with van der Waals surface area (Å²) < 4.78 is 38.1. The molecular weight excluding hydrogens is 560 g/mol. The molecule has 0 saturated carbocycles. The van der Waals surface area contributed by atoms with Gasteiger partial charge in [-0.25, -0.2) is 13.4 Å². The topological polar surface area (TPSA) is 146 Å². The largest absolute Gasteiger partial charge is 0.454 e. The van der Waals surface area contributed by atoms with Gasteiger partial charge in [0.2, 0.25) is 12.7 Å². The lowest BCUT2D eigenvalue weighted by Crippen LogP contribution is -2.60. The third kappa shape index (κ3) is 8.90. The monoisotopic (exact) mass is 604 g/mol. The van der Waals surface area contributed by atoms with E-state index in [-0.39, 0.29) is 54.9 Å². The van der Waals surface area contributed by atoms with Crippen LogP contribution in [0.5, 0.6) is 11.5 Å². The number of hydrogen-bond donors (Lipinski definition) is 4. The molecule has 2 aromatic rings. The molecule has 2 unspecified atom stereocenters. The van der Waals surface area contributed by atoms with Crippen LogP contribution in [0, 0.1) is 11.3 Å². The van der Waals surface area contributed by atoms with E-state index in [4.69, 9.17) is 9.47 Å². The van der Waals surface area contributed by atoms with Crippen molar-refractivity contribution in [3.63, 3.8) is 0 Å². The maximum Gasteiger partial charge on any atom is 0.252 e. The highest BCUT2D eigenvalue weighted by atomic mass is 32.2. The quantitative estimate of drug-likeness (QED) is 0.253. The number of hydrogen-bond acceptors (Lipinski definition) is 9. The van der Waals surface area contributed by atoms with Gasteiger partial charge in [-0.3, -0.25) is 20.3 Å². The lowest BCUT2D eigenvalue weighted by molar-refractivity contribution is -0.148. The molecule has 0 saturated heterocycles. The van der Waals surface area contributed by atoms with Crippen LogP contribution < -0.4 is 25.5 Å². The van der Waals surface area contributed by atoms with E-state index >= 15 is 0 Å². The van der Waals surface area contributed by atoms with Gasteiger partial charge in [-0.15, -0.1) is 0 Å². The van der Waals surface area contributed by atoms with Crippen molar-refractivity contribution >= 4 is 21.7 Å². The minimum absolute atomic E-state index is 0.0228. The van der Waals surface area contributed by atoms with Crippen molar-refractivity contribution in [2.24, 2.45) is 11.3 Å². The highest BCUT2D eigenvalue weighted by Gasteiger charge is 2.36. The molecule has 1 heterocycles. The first kappa shape index (κ1) is 33.3. The molecule has 42 heavy (non-hydrogen) atoms. The van der Waals surface area contributed by atoms with E-state index in [9.17, 15) is 23.1 Å². The Labute approximate surface area is 248 Å². The number of fused-ring (bicyclic) bond motifs is 1. The first-order chi connectivity index (χ1) is 19.7. The third-order valence-electron chi connectivity index (χ3n) is 6.74. The molecule has 2 aromatic carbocycles. The number of rotatable bonds is 13. The highest BCUT2D eigenvalue weighted by molar-refractivity contribution is 7.92. The summed E-state index contributed by atoms with van der Waals surface area (Å²) >= 11 is 0. The molecule has 3 atom stereocenters. The van der Waals surface area contributed by atoms with Crippen LogP contribution >= 0.6 is 0 Å². The number of ether oxygens (including phenoxy) is 2. The number of likely N-dealkylation sites (N-methyl/N-ethyl adjacent to an activating group) is 1. The number of amides is 2. The fourth-order valence-corrected chi connectivity index (χ4v) is 6.59. The lowest BCUT2D eigenvalue weighted by atomic mass is 9.91. The Kier molecular flexibility index (Phi) is 11.4. The second kappa shape index (κ2) is 14.3. The number of hydrazine groups is 1. The van der Waals surface area contributed by atoms with E-state index in [0.717, 1.165) is 5.56 Å². The number of carbonyl (C=O) groups excluding carboxylic acids is 2. The molecular formula is C30H44N4O7S. The lowest BCUT2D eigenvalue weighted by Gasteiger charge is -2.37. The summed E-state index contributed by atoms with van der Waals surface area (Å²) in [6, 6.07) is 12.9. The average molecular weight is 605 g/mol. The number of nitrogens with zero attached hydrogens (tertiary/aromatic N) is 1. The molecule has 0 radical (unpaired) electrons. The van der Waals surface area contributed by atoms with Crippen molar-refractivity contribution in [1.29, 1.82) is 0 Å². The maximum atomic E-state index is 13.7. The minimum atomic E-state index is -3.91. The zero-order valence-electron chi connectivity index (χ0n) is 25.2. The number of sulfone groups is 1. The Balaban J connectivity index is 1.90. The second-order valence-electron chi connectivity index (χ2n) is 12.0. The van der Waals surface area contributed by atoms with Gasteiger partial charge in [-0.05, 0) is 42.5 Å². The highest BCUT2D eigenvalue weighted by Crippen LogP contribution is 2.35. The Hall–Kier alpha value is -3.19. The molecule has 232 valence electrons. The van der Waals surface area contributed by atoms with Crippen LogP contribution in [0.15, 0.2) is 53.4 Å². The average Bonchev–Trinajstić information content (AvgIpc) is 3.38. The van der Waals surface area contributed by atoms with Crippen LogP contribution in [0.3, 0.4) is 0 Å². The molecule has 0 aliphatic carbocycles. The van der Waals surface area contributed by atoms with Crippen molar-refractivity contribution in [2.45, 2.75) is 69.9 Å². The molecule has 0 bridgehead atoms. The van der Waals surface area contributed by atoms with E-state index < -0.39 is 33.3 Å². The molecule has 12 heteroatoms. The SMILES string of the molecule is CNCC(=O)NN(C(=O)CC(C)(C)C)C(Cc1ccccc1)[C@H](O)CNC(C(C)C)S(=O)(=O)c1ccc2c(c1)OCO2. The van der Waals surface area contributed by atoms with Gasteiger partial charge in [-0.2, -0.15) is 0 Å². The van der Waals surface area contributed by atoms with Gasteiger partial charge in [0, 0.05) is 19.0 Å². The minimum Gasteiger partial charge on any atom is -0.454 e. The first-order valence-corrected chi connectivity index (χ1v) is 15.6. The molecule has 4 N–H and O–H groups in total. The predicted octanol–water partition coefficient (Wildman–Crippen LogP) is 2.25. The summed E-state index contributed by atoms with van der Waals surface area (Å²) in [5.74, 6) is -0.340. The van der Waals surface area contributed by atoms with Crippen LogP contribution in [0.25, 0.3) is 0 Å². The Bertz CT molecular complexity index is 1310. The summed E-state index contributed by atoms with van der Waals surface area (Å²) in [5.41, 5.74) is 3.14. The molecule has 11 nitrogen and oxygen atoms in total. The van der Waals surface area contributed by atoms with Gasteiger partial charge < -0.3 is 19.9 Å². The molecule has 2 amide bonds. The Morgan fingerprint density at radius 3 is 2.33 bits per heavy atom. The normalized spacial score (nSPS) is 15.2. The molecule has 3 rings (SSSR count). The van der Waals surface area contributed by atoms with Gasteiger partial charge in [0.1, 0.15) is 5.37 Å². The summed E-state index contributed by atoms with van der Waals surface area (Å²) in [6.07, 6.45) is -0.899. The molecule has 1 aliphatic rings. The fraction of sp³-hybridized carbons (Fsp3) is 0.533. The van der Waals surface area contributed by atoms with Crippen molar-refractivity contribution in [3.8, 4) is 11.5 Å². The second-order valence-corrected chi connectivity index (χ2v) is 14.1. The van der Waals surface area contributed by atoms with Crippen LogP contribution in [-0.4, -0.2) is 74.8 Å². The standard InChI is InChI=1S/C30H44N4O7S/c1-20(2)29(42(38,39)22-12-13-25-26(15-22)41-19-40-25)32-17-24(35)23(14-21-10-8-7-9-11-21)34(33-27(36)18-31-6)28(37)16-30(3,4)5/h7-13,15,20,23-24,29,31-32,35H,14,16-19H2,1-6H3,(H,33,36)/t23?,24-,29?/m1/s1. The predicted molar refractivity (Wildman–Crippen MR) is 159 cm³/mol. The van der Waals surface area contributed by atoms with E-state index in [1.54, 1.807) is 27.0 Å². The smallest absolute Gasteiger partial charge is 0.252 e. The van der Waals surface area contributed by atoms with Crippen molar-refractivity contribution in [2.75, 3.05) is 26.9 Å². The third-order valence-corrected chi connectivity index (χ3v) is 9.03. The van der Waals surface area contributed by atoms with Gasteiger partial charge in [0.15, 0.2) is 21.3 Å². The number of aliphatic hydroxyl groups excluding tert-OH is 1. The van der Waals surface area contributed by atoms with E-state index in [1.807, 2.05) is 51.1 Å². The Morgan fingerprint density at radius 2 is 1.71 bits per heavy atom. The zero-order valence-corrected chi connectivity index (χ0v) is 26.0. The number of carbonyl (C=O) groups is 2. The molecule has 0 fully saturated rings. The van der Waals surface area contributed by atoms with Gasteiger partial charge in [0.25, 0.3) is 5.91 Å². The van der Waals surface area contributed by atoms with Crippen molar-refractivity contribution in [1.82, 2.24) is 21.1 Å². The van der Waals surface area contributed by atoms with E-state index in [1.165, 1.54) is 17.1 Å². The van der Waals surface area contributed by atoms with Crippen LogP contribution in [-0.2, 0) is 25.8 Å². The Morgan fingerprint density at radius 1 is 1.05 bits per heavy atom. The van der Waals surface area contributed by atoms with Crippen LogP contribution in [0.4, 0.5) is 0 Å². The van der Waals surface area contributed by atoms with Crippen LogP contribution in [0.1, 0.15) is 46.6 Å². The van der Waals surface area contributed by atoms with Crippen LogP contribution in [0.2, 0.25) is 0 Å². The van der Waals surface area contributed by atoms with Gasteiger partial charge in [0.05, 0.1) is 23.6 Å². The fourth-order valence-electron chi connectivity index (χ4n) is 4.74. The first-order valence-electron chi connectivity index (χ1n) is 14.1. The summed E-state index contributed by atoms with van der Waals surface area (Å²) in [7, 11) is -2.29. The molecule has 1 aliphatic heterocycles. The van der Waals surface area contributed by atoms with E-state index in [2.05, 4.69) is 16.1 Å². The number of benzene rings is 2. The maximum absolute atomic E-state index is 13.7.